The molecule has 0 radical (unpaired) electrons. The third-order valence-electron chi connectivity index (χ3n) is 4.73. The molecule has 1 amide bonds. The number of nitrogens with zero attached hydrogens (tertiary/aromatic N) is 1. The standard InChI is InChI=1S/C24H19ClN2O/c1-15-8-11-19(12-9-15)27-24(28)22-16(2)26-21-13-10-18(25)14-20(21)23(22)17-6-4-3-5-7-17/h3-14H,1-2H3,(H,27,28). The van der Waals surface area contributed by atoms with Gasteiger partial charge in [0.2, 0.25) is 0 Å². The maximum atomic E-state index is 13.3. The lowest BCUT2D eigenvalue weighted by atomic mass is 9.94. The number of hydrogen-bond donors (Lipinski definition) is 1. The molecular formula is C24H19ClN2O. The first-order chi connectivity index (χ1) is 13.5. The Hall–Kier alpha value is -3.17. The number of benzene rings is 3. The lowest BCUT2D eigenvalue weighted by Gasteiger charge is -2.16. The molecule has 4 rings (SSSR count). The van der Waals surface area contributed by atoms with E-state index in [1.807, 2.05) is 86.6 Å². The molecule has 1 aromatic heterocycles. The number of aromatic nitrogens is 1. The van der Waals surface area contributed by atoms with E-state index < -0.39 is 0 Å². The average molecular weight is 387 g/mol. The van der Waals surface area contributed by atoms with E-state index in [1.165, 1.54) is 0 Å². The fraction of sp³-hybridized carbons (Fsp3) is 0.0833. The smallest absolute Gasteiger partial charge is 0.258 e. The van der Waals surface area contributed by atoms with Crippen molar-refractivity contribution >= 4 is 34.1 Å². The van der Waals surface area contributed by atoms with Gasteiger partial charge in [-0.15, -0.1) is 0 Å². The molecular weight excluding hydrogens is 368 g/mol. The topological polar surface area (TPSA) is 42.0 Å². The first-order valence-electron chi connectivity index (χ1n) is 9.06. The first-order valence-corrected chi connectivity index (χ1v) is 9.44. The van der Waals surface area contributed by atoms with E-state index in [0.717, 1.165) is 33.3 Å². The number of fused-ring (bicyclic) bond motifs is 1. The van der Waals surface area contributed by atoms with Crippen molar-refractivity contribution in [2.75, 3.05) is 5.32 Å². The van der Waals surface area contributed by atoms with Crippen molar-refractivity contribution in [3.8, 4) is 11.1 Å². The Bertz CT molecular complexity index is 1170. The van der Waals surface area contributed by atoms with Crippen LogP contribution in [0.1, 0.15) is 21.6 Å². The van der Waals surface area contributed by atoms with Gasteiger partial charge in [0.1, 0.15) is 0 Å². The van der Waals surface area contributed by atoms with Crippen molar-refractivity contribution in [1.82, 2.24) is 4.98 Å². The highest BCUT2D eigenvalue weighted by molar-refractivity contribution is 6.31. The van der Waals surface area contributed by atoms with Gasteiger partial charge in [0.25, 0.3) is 5.91 Å². The fourth-order valence-corrected chi connectivity index (χ4v) is 3.54. The minimum Gasteiger partial charge on any atom is -0.322 e. The second kappa shape index (κ2) is 7.45. The third kappa shape index (κ3) is 3.49. The number of carbonyl (C=O) groups is 1. The Morgan fingerprint density at radius 2 is 1.64 bits per heavy atom. The Morgan fingerprint density at radius 3 is 2.36 bits per heavy atom. The minimum absolute atomic E-state index is 0.186. The summed E-state index contributed by atoms with van der Waals surface area (Å²) in [4.78, 5) is 17.9. The molecule has 138 valence electrons. The molecule has 0 fully saturated rings. The normalized spacial score (nSPS) is 10.8. The van der Waals surface area contributed by atoms with Crippen molar-refractivity contribution in [3.05, 3.63) is 94.6 Å². The van der Waals surface area contributed by atoms with E-state index >= 15 is 0 Å². The summed E-state index contributed by atoms with van der Waals surface area (Å²) in [5.41, 5.74) is 5.73. The lowest BCUT2D eigenvalue weighted by molar-refractivity contribution is 0.102. The van der Waals surface area contributed by atoms with Gasteiger partial charge in [-0.05, 0) is 49.7 Å². The van der Waals surface area contributed by atoms with Gasteiger partial charge in [-0.2, -0.15) is 0 Å². The van der Waals surface area contributed by atoms with Crippen LogP contribution in [0, 0.1) is 13.8 Å². The summed E-state index contributed by atoms with van der Waals surface area (Å²) in [6.45, 7) is 3.88. The number of amides is 1. The average Bonchev–Trinajstić information content (AvgIpc) is 2.69. The van der Waals surface area contributed by atoms with Crippen molar-refractivity contribution < 1.29 is 4.79 Å². The maximum absolute atomic E-state index is 13.3. The maximum Gasteiger partial charge on any atom is 0.258 e. The lowest BCUT2D eigenvalue weighted by Crippen LogP contribution is -2.16. The third-order valence-corrected chi connectivity index (χ3v) is 4.96. The van der Waals surface area contributed by atoms with E-state index in [4.69, 9.17) is 11.6 Å². The van der Waals surface area contributed by atoms with Crippen LogP contribution in [-0.2, 0) is 0 Å². The zero-order valence-electron chi connectivity index (χ0n) is 15.7. The second-order valence-electron chi connectivity index (χ2n) is 6.79. The number of rotatable bonds is 3. The molecule has 0 aliphatic rings. The summed E-state index contributed by atoms with van der Waals surface area (Å²) in [6.07, 6.45) is 0. The number of anilines is 1. The number of carbonyl (C=O) groups excluding carboxylic acids is 1. The summed E-state index contributed by atoms with van der Waals surface area (Å²) < 4.78 is 0. The first kappa shape index (κ1) is 18.2. The minimum atomic E-state index is -0.186. The Labute approximate surface area is 169 Å². The van der Waals surface area contributed by atoms with Crippen LogP contribution in [0.5, 0.6) is 0 Å². The molecule has 0 saturated heterocycles. The van der Waals surface area contributed by atoms with E-state index in [-0.39, 0.29) is 5.91 Å². The van der Waals surface area contributed by atoms with E-state index in [1.54, 1.807) is 0 Å². The number of halogens is 1. The monoisotopic (exact) mass is 386 g/mol. The summed E-state index contributed by atoms with van der Waals surface area (Å²) in [5, 5.41) is 4.47. The molecule has 3 nitrogen and oxygen atoms in total. The van der Waals surface area contributed by atoms with Gasteiger partial charge in [0.15, 0.2) is 0 Å². The molecule has 1 heterocycles. The zero-order valence-corrected chi connectivity index (χ0v) is 16.4. The van der Waals surface area contributed by atoms with Gasteiger partial charge in [-0.25, -0.2) is 0 Å². The Balaban J connectivity index is 1.92. The molecule has 1 N–H and O–H groups in total. The van der Waals surface area contributed by atoms with Crippen LogP contribution >= 0.6 is 11.6 Å². The predicted octanol–water partition coefficient (Wildman–Crippen LogP) is 6.42. The van der Waals surface area contributed by atoms with Crippen molar-refractivity contribution in [2.45, 2.75) is 13.8 Å². The van der Waals surface area contributed by atoms with Gasteiger partial charge < -0.3 is 5.32 Å². The molecule has 4 aromatic rings. The van der Waals surface area contributed by atoms with Crippen LogP contribution in [0.4, 0.5) is 5.69 Å². The molecule has 0 spiro atoms. The number of aryl methyl sites for hydroxylation is 2. The van der Waals surface area contributed by atoms with E-state index in [9.17, 15) is 4.79 Å². The number of nitrogens with one attached hydrogen (secondary N) is 1. The van der Waals surface area contributed by atoms with Gasteiger partial charge in [0.05, 0.1) is 16.8 Å². The highest BCUT2D eigenvalue weighted by Gasteiger charge is 2.20. The molecule has 0 aliphatic heterocycles. The van der Waals surface area contributed by atoms with Crippen LogP contribution in [0.25, 0.3) is 22.0 Å². The largest absolute Gasteiger partial charge is 0.322 e. The van der Waals surface area contributed by atoms with Crippen molar-refractivity contribution in [2.24, 2.45) is 0 Å². The van der Waals surface area contributed by atoms with E-state index in [0.29, 0.717) is 16.3 Å². The summed E-state index contributed by atoms with van der Waals surface area (Å²) >= 11 is 6.27. The highest BCUT2D eigenvalue weighted by Crippen LogP contribution is 2.34. The summed E-state index contributed by atoms with van der Waals surface area (Å²) in [5.74, 6) is -0.186. The van der Waals surface area contributed by atoms with Crippen LogP contribution < -0.4 is 5.32 Å². The Kier molecular flexibility index (Phi) is 4.84. The summed E-state index contributed by atoms with van der Waals surface area (Å²) in [7, 11) is 0. The molecule has 0 unspecified atom stereocenters. The predicted molar refractivity (Wildman–Crippen MR) is 116 cm³/mol. The van der Waals surface area contributed by atoms with Gasteiger partial charge in [-0.3, -0.25) is 9.78 Å². The molecule has 0 saturated carbocycles. The van der Waals surface area contributed by atoms with Crippen LogP contribution in [0.3, 0.4) is 0 Å². The van der Waals surface area contributed by atoms with Crippen LogP contribution in [-0.4, -0.2) is 10.9 Å². The SMILES string of the molecule is Cc1ccc(NC(=O)c2c(C)nc3ccc(Cl)cc3c2-c2ccccc2)cc1. The molecule has 0 aliphatic carbocycles. The quantitative estimate of drug-likeness (QED) is 0.441. The van der Waals surface area contributed by atoms with Crippen LogP contribution in [0.2, 0.25) is 5.02 Å². The zero-order chi connectivity index (χ0) is 19.7. The van der Waals surface area contributed by atoms with Crippen LogP contribution in [0.15, 0.2) is 72.8 Å². The Morgan fingerprint density at radius 1 is 0.929 bits per heavy atom. The van der Waals surface area contributed by atoms with Gasteiger partial charge in [-0.1, -0.05) is 59.6 Å². The van der Waals surface area contributed by atoms with Crippen molar-refractivity contribution in [3.63, 3.8) is 0 Å². The molecule has 0 bridgehead atoms. The number of hydrogen-bond acceptors (Lipinski definition) is 2. The fourth-order valence-electron chi connectivity index (χ4n) is 3.37. The molecule has 4 heteroatoms. The number of pyridine rings is 1. The second-order valence-corrected chi connectivity index (χ2v) is 7.23. The summed E-state index contributed by atoms with van der Waals surface area (Å²) in [6, 6.07) is 23.2. The van der Waals surface area contributed by atoms with E-state index in [2.05, 4.69) is 10.3 Å². The van der Waals surface area contributed by atoms with Crippen molar-refractivity contribution in [1.29, 1.82) is 0 Å². The van der Waals surface area contributed by atoms with Gasteiger partial charge >= 0.3 is 0 Å². The molecule has 28 heavy (non-hydrogen) atoms. The molecule has 3 aromatic carbocycles. The van der Waals surface area contributed by atoms with Gasteiger partial charge in [0, 0.05) is 21.7 Å². The highest BCUT2D eigenvalue weighted by atomic mass is 35.5. The molecule has 0 atom stereocenters.